The molecule has 0 bridgehead atoms. The van der Waals surface area contributed by atoms with E-state index in [1.807, 2.05) is 6.92 Å². The van der Waals surface area contributed by atoms with Gasteiger partial charge in [-0.1, -0.05) is 0 Å². The molecule has 0 amide bonds. The number of benzene rings is 1. The number of likely N-dealkylation sites (tertiary alicyclic amines) is 1. The summed E-state index contributed by atoms with van der Waals surface area (Å²) in [5, 5.41) is 14.1. The summed E-state index contributed by atoms with van der Waals surface area (Å²) in [6.07, 6.45) is 2.48. The molecular weight excluding hydrogens is 261 g/mol. The molecule has 0 radical (unpaired) electrons. The number of nitro groups is 1. The predicted molar refractivity (Wildman–Crippen MR) is 75.0 cm³/mol. The van der Waals surface area contributed by atoms with Gasteiger partial charge in [0.1, 0.15) is 5.82 Å². The third-order valence-corrected chi connectivity index (χ3v) is 3.61. The quantitative estimate of drug-likeness (QED) is 0.642. The first-order valence-electron chi connectivity index (χ1n) is 6.95. The highest BCUT2D eigenvalue weighted by Gasteiger charge is 2.17. The van der Waals surface area contributed by atoms with Crippen molar-refractivity contribution < 1.29 is 9.31 Å². The van der Waals surface area contributed by atoms with Crippen LogP contribution in [0, 0.1) is 15.9 Å². The van der Waals surface area contributed by atoms with Crippen LogP contribution in [0.4, 0.5) is 10.1 Å². The van der Waals surface area contributed by atoms with E-state index in [1.165, 1.54) is 25.0 Å². The van der Waals surface area contributed by atoms with Crippen LogP contribution < -0.4 is 5.32 Å². The Morgan fingerprint density at radius 1 is 1.45 bits per heavy atom. The average molecular weight is 281 g/mol. The molecular formula is C14H20FN3O2. The summed E-state index contributed by atoms with van der Waals surface area (Å²) in [6.45, 7) is 5.51. The molecule has 1 aliphatic heterocycles. The smallest absolute Gasteiger partial charge is 0.274 e. The molecule has 6 heteroatoms. The minimum absolute atomic E-state index is 0.0349. The van der Waals surface area contributed by atoms with Crippen molar-refractivity contribution in [3.63, 3.8) is 0 Å². The number of nitrogens with one attached hydrogen (secondary N) is 1. The highest BCUT2D eigenvalue weighted by Crippen LogP contribution is 2.19. The van der Waals surface area contributed by atoms with Crippen LogP contribution in [0.5, 0.6) is 0 Å². The molecule has 1 fully saturated rings. The van der Waals surface area contributed by atoms with Crippen LogP contribution in [0.25, 0.3) is 0 Å². The van der Waals surface area contributed by atoms with Gasteiger partial charge < -0.3 is 10.2 Å². The molecule has 1 aromatic rings. The van der Waals surface area contributed by atoms with Crippen LogP contribution in [0.2, 0.25) is 0 Å². The van der Waals surface area contributed by atoms with E-state index in [0.717, 1.165) is 25.7 Å². The van der Waals surface area contributed by atoms with Crippen LogP contribution in [-0.4, -0.2) is 35.5 Å². The topological polar surface area (TPSA) is 58.4 Å². The van der Waals surface area contributed by atoms with Gasteiger partial charge in [-0.15, -0.1) is 0 Å². The standard InChI is InChI=1S/C14H20FN3O2/c1-11(10-17-6-2-3-7-17)16-9-12-8-13(15)4-5-14(12)18(19)20/h4-5,8,11,16H,2-3,6-7,9-10H2,1H3. The minimum Gasteiger partial charge on any atom is -0.309 e. The van der Waals surface area contributed by atoms with E-state index in [4.69, 9.17) is 0 Å². The van der Waals surface area contributed by atoms with Crippen molar-refractivity contribution in [1.82, 2.24) is 10.2 Å². The molecule has 5 nitrogen and oxygen atoms in total. The number of halogens is 1. The van der Waals surface area contributed by atoms with E-state index in [2.05, 4.69) is 10.2 Å². The predicted octanol–water partition coefficient (Wildman–Crippen LogP) is 2.31. The average Bonchev–Trinajstić information content (AvgIpc) is 2.89. The SMILES string of the molecule is CC(CN1CCCC1)NCc1cc(F)ccc1[N+](=O)[O-]. The third-order valence-electron chi connectivity index (χ3n) is 3.61. The van der Waals surface area contributed by atoms with Crippen LogP contribution in [-0.2, 0) is 6.54 Å². The van der Waals surface area contributed by atoms with E-state index in [0.29, 0.717) is 12.1 Å². The molecule has 1 heterocycles. The molecule has 0 saturated carbocycles. The molecule has 1 atom stereocenters. The van der Waals surface area contributed by atoms with E-state index in [-0.39, 0.29) is 11.7 Å². The van der Waals surface area contributed by atoms with Crippen molar-refractivity contribution in [2.75, 3.05) is 19.6 Å². The lowest BCUT2D eigenvalue weighted by Gasteiger charge is -2.21. The zero-order valence-electron chi connectivity index (χ0n) is 11.6. The summed E-state index contributed by atoms with van der Waals surface area (Å²) in [6, 6.07) is 3.79. The molecule has 1 unspecified atom stereocenters. The maximum Gasteiger partial charge on any atom is 0.274 e. The van der Waals surface area contributed by atoms with E-state index in [1.54, 1.807) is 0 Å². The Hall–Kier alpha value is -1.53. The van der Waals surface area contributed by atoms with Gasteiger partial charge >= 0.3 is 0 Å². The van der Waals surface area contributed by atoms with Gasteiger partial charge in [0, 0.05) is 30.8 Å². The van der Waals surface area contributed by atoms with E-state index in [9.17, 15) is 14.5 Å². The van der Waals surface area contributed by atoms with Gasteiger partial charge in [0.15, 0.2) is 0 Å². The number of rotatable bonds is 6. The molecule has 1 aliphatic rings. The zero-order valence-corrected chi connectivity index (χ0v) is 11.6. The van der Waals surface area contributed by atoms with E-state index >= 15 is 0 Å². The molecule has 1 N–H and O–H groups in total. The third kappa shape index (κ3) is 3.98. The van der Waals surface area contributed by atoms with Gasteiger partial charge in [-0.05, 0) is 45.0 Å². The summed E-state index contributed by atoms with van der Waals surface area (Å²) < 4.78 is 13.2. The van der Waals surface area contributed by atoms with Crippen molar-refractivity contribution >= 4 is 5.69 Å². The first kappa shape index (κ1) is 14.9. The maximum absolute atomic E-state index is 13.2. The minimum atomic E-state index is -0.471. The highest BCUT2D eigenvalue weighted by molar-refractivity contribution is 5.40. The number of nitrogens with zero attached hydrogens (tertiary/aromatic N) is 2. The zero-order chi connectivity index (χ0) is 14.5. The van der Waals surface area contributed by atoms with E-state index < -0.39 is 10.7 Å². The van der Waals surface area contributed by atoms with Gasteiger partial charge in [0.2, 0.25) is 0 Å². The van der Waals surface area contributed by atoms with Crippen molar-refractivity contribution in [2.45, 2.75) is 32.4 Å². The van der Waals surface area contributed by atoms with Gasteiger partial charge in [-0.25, -0.2) is 4.39 Å². The van der Waals surface area contributed by atoms with Gasteiger partial charge in [0.25, 0.3) is 5.69 Å². The van der Waals surface area contributed by atoms with Gasteiger partial charge in [-0.2, -0.15) is 0 Å². The monoisotopic (exact) mass is 281 g/mol. The summed E-state index contributed by atoms with van der Waals surface area (Å²) >= 11 is 0. The molecule has 0 aliphatic carbocycles. The fourth-order valence-electron chi connectivity index (χ4n) is 2.58. The summed E-state index contributed by atoms with van der Waals surface area (Å²) in [7, 11) is 0. The Morgan fingerprint density at radius 3 is 2.80 bits per heavy atom. The molecule has 2 rings (SSSR count). The Bertz CT molecular complexity index is 475. The molecule has 20 heavy (non-hydrogen) atoms. The van der Waals surface area contributed by atoms with Crippen molar-refractivity contribution in [2.24, 2.45) is 0 Å². The summed E-state index contributed by atoms with van der Waals surface area (Å²) in [4.78, 5) is 12.8. The molecule has 1 aromatic carbocycles. The highest BCUT2D eigenvalue weighted by atomic mass is 19.1. The largest absolute Gasteiger partial charge is 0.309 e. The second-order valence-corrected chi connectivity index (χ2v) is 5.32. The van der Waals surface area contributed by atoms with Crippen LogP contribution in [0.15, 0.2) is 18.2 Å². The lowest BCUT2D eigenvalue weighted by molar-refractivity contribution is -0.385. The van der Waals surface area contributed by atoms with Crippen LogP contribution in [0.3, 0.4) is 0 Å². The Kier molecular flexibility index (Phi) is 5.03. The van der Waals surface area contributed by atoms with Crippen molar-refractivity contribution in [1.29, 1.82) is 0 Å². The van der Waals surface area contributed by atoms with Crippen LogP contribution >= 0.6 is 0 Å². The fourth-order valence-corrected chi connectivity index (χ4v) is 2.58. The second kappa shape index (κ2) is 6.76. The van der Waals surface area contributed by atoms with Gasteiger partial charge in [-0.3, -0.25) is 10.1 Å². The summed E-state index contributed by atoms with van der Waals surface area (Å²) in [5.74, 6) is -0.445. The Labute approximate surface area is 117 Å². The molecule has 0 aromatic heterocycles. The lowest BCUT2D eigenvalue weighted by atomic mass is 10.1. The Morgan fingerprint density at radius 2 is 2.15 bits per heavy atom. The first-order chi connectivity index (χ1) is 9.56. The second-order valence-electron chi connectivity index (χ2n) is 5.32. The van der Waals surface area contributed by atoms with Crippen molar-refractivity contribution in [3.05, 3.63) is 39.7 Å². The molecule has 110 valence electrons. The number of hydrogen-bond acceptors (Lipinski definition) is 4. The fraction of sp³-hybridized carbons (Fsp3) is 0.571. The lowest BCUT2D eigenvalue weighted by Crippen LogP contribution is -2.37. The van der Waals surface area contributed by atoms with Gasteiger partial charge in [0.05, 0.1) is 4.92 Å². The maximum atomic E-state index is 13.2. The molecule has 1 saturated heterocycles. The van der Waals surface area contributed by atoms with Crippen molar-refractivity contribution in [3.8, 4) is 0 Å². The molecule has 0 spiro atoms. The Balaban J connectivity index is 1.92. The normalized spacial score (nSPS) is 17.3. The first-order valence-corrected chi connectivity index (χ1v) is 6.95. The number of hydrogen-bond donors (Lipinski definition) is 1. The summed E-state index contributed by atoms with van der Waals surface area (Å²) in [5.41, 5.74) is 0.357. The van der Waals surface area contributed by atoms with Crippen LogP contribution in [0.1, 0.15) is 25.3 Å². The number of nitro benzene ring substituents is 1.